The molecule has 0 unspecified atom stereocenters. The number of halogens is 6. The molecule has 0 bridgehead atoms. The minimum atomic E-state index is -5.21. The summed E-state index contributed by atoms with van der Waals surface area (Å²) in [5.74, 6) is -0.687. The molecule has 5 heterocycles. The topological polar surface area (TPSA) is 115 Å². The number of hydrogen-bond donors (Lipinski definition) is 2. The van der Waals surface area contributed by atoms with Crippen LogP contribution in [0.15, 0.2) is 23.6 Å². The molecule has 0 radical (unpaired) electrons. The molecule has 0 spiro atoms. The normalized spacial score (nSPS) is 21.1. The Morgan fingerprint density at radius 1 is 0.904 bits per heavy atom. The van der Waals surface area contributed by atoms with Gasteiger partial charge in [-0.1, -0.05) is 0 Å². The van der Waals surface area contributed by atoms with E-state index in [-0.39, 0.29) is 31.2 Å². The number of amides is 4. The van der Waals surface area contributed by atoms with Crippen molar-refractivity contribution in [3.63, 3.8) is 0 Å². The zero-order chi connectivity index (χ0) is 37.4. The summed E-state index contributed by atoms with van der Waals surface area (Å²) < 4.78 is 88.9. The van der Waals surface area contributed by atoms with Crippen molar-refractivity contribution in [1.29, 1.82) is 0 Å². The lowest BCUT2D eigenvalue weighted by Gasteiger charge is -2.40. The van der Waals surface area contributed by atoms with Crippen LogP contribution in [0.2, 0.25) is 0 Å². The van der Waals surface area contributed by atoms with Gasteiger partial charge in [0, 0.05) is 63.3 Å². The lowest BCUT2D eigenvalue weighted by Crippen LogP contribution is -2.53. The molecule has 6 rings (SSSR count). The summed E-state index contributed by atoms with van der Waals surface area (Å²) >= 11 is 1.43. The Hall–Kier alpha value is -3.77. The highest BCUT2D eigenvalue weighted by molar-refractivity contribution is 7.14. The fraction of sp³-hybridized carbons (Fsp3) is 0.618. The summed E-state index contributed by atoms with van der Waals surface area (Å²) in [5.41, 5.74) is 1.01. The lowest BCUT2D eigenvalue weighted by atomic mass is 9.97. The molecule has 0 saturated carbocycles. The number of carbonyl (C=O) groups is 3. The molecule has 1 aromatic carbocycles. The number of ether oxygens (including phenoxy) is 1. The molecular formula is C34H43F6N7O4S. The standard InChI is InChI=1S/C34H43F6N7O4S/c1-43-8-2-9-44(15-14-43)23-3-10-45(11-4-23)30(48)27(19-21-17-25(33(35,36)37)28(41)26(18-21)34(38,39)40)51-32(50)46-12-5-24(6-13-46)47-20-22-7-16-52-29(22)42-31(47)49/h7,16-18,23-24,27H,2-6,8-15,19-20,41H2,1H3,(H,42,49)/t27-/m1/s1. The summed E-state index contributed by atoms with van der Waals surface area (Å²) in [6.45, 7) is 5.03. The van der Waals surface area contributed by atoms with Crippen molar-refractivity contribution < 1.29 is 45.5 Å². The Bertz CT molecular complexity index is 1590. The van der Waals surface area contributed by atoms with Gasteiger partial charge in [-0.15, -0.1) is 11.3 Å². The Kier molecular flexibility index (Phi) is 11.2. The predicted molar refractivity (Wildman–Crippen MR) is 182 cm³/mol. The molecule has 4 amide bonds. The fourth-order valence-electron chi connectivity index (χ4n) is 7.63. The van der Waals surface area contributed by atoms with Gasteiger partial charge in [0.1, 0.15) is 5.00 Å². The Morgan fingerprint density at radius 3 is 2.15 bits per heavy atom. The van der Waals surface area contributed by atoms with E-state index in [0.717, 1.165) is 43.2 Å². The average Bonchev–Trinajstić information content (AvgIpc) is 3.44. The monoisotopic (exact) mass is 759 g/mol. The van der Waals surface area contributed by atoms with E-state index in [1.54, 1.807) is 4.90 Å². The van der Waals surface area contributed by atoms with E-state index in [1.807, 2.05) is 11.4 Å². The Labute approximate surface area is 301 Å². The van der Waals surface area contributed by atoms with Gasteiger partial charge in [0.05, 0.1) is 23.4 Å². The number of anilines is 2. The number of nitrogen functional groups attached to an aromatic ring is 1. The number of piperidine rings is 2. The van der Waals surface area contributed by atoms with Crippen molar-refractivity contribution in [1.82, 2.24) is 24.5 Å². The van der Waals surface area contributed by atoms with Crippen LogP contribution in [0, 0.1) is 0 Å². The van der Waals surface area contributed by atoms with Crippen LogP contribution >= 0.6 is 11.3 Å². The quantitative estimate of drug-likeness (QED) is 0.293. The lowest BCUT2D eigenvalue weighted by molar-refractivity contribution is -0.142. The second-order valence-corrected chi connectivity index (χ2v) is 14.9. The van der Waals surface area contributed by atoms with E-state index in [9.17, 15) is 40.7 Å². The zero-order valence-corrected chi connectivity index (χ0v) is 29.6. The van der Waals surface area contributed by atoms with Crippen molar-refractivity contribution in [2.75, 3.05) is 70.5 Å². The number of hydrogen-bond acceptors (Lipinski definition) is 8. The van der Waals surface area contributed by atoms with Gasteiger partial charge in [-0.05, 0) is 81.4 Å². The van der Waals surface area contributed by atoms with Crippen LogP contribution in [0.3, 0.4) is 0 Å². The second kappa shape index (κ2) is 15.3. The third kappa shape index (κ3) is 8.54. The molecule has 3 saturated heterocycles. The highest BCUT2D eigenvalue weighted by Crippen LogP contribution is 2.42. The molecule has 3 N–H and O–H groups in total. The minimum absolute atomic E-state index is 0.166. The van der Waals surface area contributed by atoms with Crippen molar-refractivity contribution in [3.8, 4) is 0 Å². The predicted octanol–water partition coefficient (Wildman–Crippen LogP) is 5.56. The van der Waals surface area contributed by atoms with Crippen molar-refractivity contribution in [3.05, 3.63) is 45.8 Å². The molecule has 18 heteroatoms. The molecule has 1 atom stereocenters. The van der Waals surface area contributed by atoms with Gasteiger partial charge in [0.15, 0.2) is 6.10 Å². The van der Waals surface area contributed by atoms with Crippen LogP contribution in [-0.4, -0.2) is 120 Å². The molecule has 2 aromatic rings. The molecule has 1 aromatic heterocycles. The minimum Gasteiger partial charge on any atom is -0.436 e. The van der Waals surface area contributed by atoms with E-state index < -0.39 is 59.3 Å². The molecule has 52 heavy (non-hydrogen) atoms. The number of nitrogens with zero attached hydrogens (tertiary/aromatic N) is 5. The molecule has 286 valence electrons. The van der Waals surface area contributed by atoms with Gasteiger partial charge in [0.2, 0.25) is 0 Å². The van der Waals surface area contributed by atoms with E-state index >= 15 is 0 Å². The number of fused-ring (bicyclic) bond motifs is 1. The number of urea groups is 1. The highest BCUT2D eigenvalue weighted by atomic mass is 32.1. The number of nitrogens with one attached hydrogen (secondary N) is 1. The molecule has 0 aliphatic carbocycles. The fourth-order valence-corrected chi connectivity index (χ4v) is 8.42. The van der Waals surface area contributed by atoms with E-state index in [1.165, 1.54) is 21.1 Å². The first-order chi connectivity index (χ1) is 24.6. The third-order valence-electron chi connectivity index (χ3n) is 10.6. The smallest absolute Gasteiger partial charge is 0.418 e. The summed E-state index contributed by atoms with van der Waals surface area (Å²) in [7, 11) is 2.07. The van der Waals surface area contributed by atoms with Gasteiger partial charge < -0.3 is 30.1 Å². The third-order valence-corrected chi connectivity index (χ3v) is 11.4. The number of carbonyl (C=O) groups excluding carboxylic acids is 3. The number of thiophene rings is 1. The molecular weight excluding hydrogens is 716 g/mol. The Balaban J connectivity index is 1.17. The second-order valence-electron chi connectivity index (χ2n) is 14.0. The molecule has 4 aliphatic heterocycles. The first-order valence-corrected chi connectivity index (χ1v) is 18.3. The van der Waals surface area contributed by atoms with Gasteiger partial charge >= 0.3 is 24.5 Å². The maximum absolute atomic E-state index is 14.0. The van der Waals surface area contributed by atoms with Crippen LogP contribution in [0.5, 0.6) is 0 Å². The SMILES string of the molecule is CN1CCCN(C2CCN(C(=O)[C@@H](Cc3cc(C(F)(F)F)c(N)c(C(F)(F)F)c3)OC(=O)N3CCC(N4Cc5ccsc5NC4=O)CC3)CC2)CC1. The van der Waals surface area contributed by atoms with Crippen molar-refractivity contribution in [2.45, 2.75) is 75.6 Å². The zero-order valence-electron chi connectivity index (χ0n) is 28.8. The van der Waals surface area contributed by atoms with Gasteiger partial charge in [-0.25, -0.2) is 9.59 Å². The molecule has 4 aliphatic rings. The van der Waals surface area contributed by atoms with E-state index in [2.05, 4.69) is 22.2 Å². The number of likely N-dealkylation sites (N-methyl/N-ethyl adjacent to an activating group) is 1. The number of rotatable bonds is 6. The maximum Gasteiger partial charge on any atom is 0.418 e. The number of likely N-dealkylation sites (tertiary alicyclic amines) is 2. The van der Waals surface area contributed by atoms with Crippen LogP contribution < -0.4 is 11.1 Å². The van der Waals surface area contributed by atoms with Crippen LogP contribution in [-0.2, 0) is 34.8 Å². The average molecular weight is 760 g/mol. The first-order valence-electron chi connectivity index (χ1n) is 17.5. The molecule has 11 nitrogen and oxygen atoms in total. The van der Waals surface area contributed by atoms with Crippen LogP contribution in [0.25, 0.3) is 0 Å². The highest BCUT2D eigenvalue weighted by Gasteiger charge is 2.42. The van der Waals surface area contributed by atoms with E-state index in [4.69, 9.17) is 10.5 Å². The number of nitrogens with two attached hydrogens (primary N) is 1. The summed E-state index contributed by atoms with van der Waals surface area (Å²) in [6, 6.07) is 2.69. The number of benzene rings is 1. The summed E-state index contributed by atoms with van der Waals surface area (Å²) in [4.78, 5) is 49.5. The van der Waals surface area contributed by atoms with Gasteiger partial charge in [0.25, 0.3) is 5.91 Å². The van der Waals surface area contributed by atoms with Crippen LogP contribution in [0.4, 0.5) is 46.6 Å². The summed E-state index contributed by atoms with van der Waals surface area (Å²) in [5, 5.41) is 5.56. The Morgan fingerprint density at radius 2 is 1.52 bits per heavy atom. The largest absolute Gasteiger partial charge is 0.436 e. The summed E-state index contributed by atoms with van der Waals surface area (Å²) in [6.07, 6.45) is -10.7. The van der Waals surface area contributed by atoms with Crippen molar-refractivity contribution in [2.24, 2.45) is 0 Å². The van der Waals surface area contributed by atoms with Crippen molar-refractivity contribution >= 4 is 40.1 Å². The van der Waals surface area contributed by atoms with Gasteiger partial charge in [-0.2, -0.15) is 26.3 Å². The number of alkyl halides is 6. The van der Waals surface area contributed by atoms with Gasteiger partial charge in [-0.3, -0.25) is 15.0 Å². The van der Waals surface area contributed by atoms with E-state index in [0.29, 0.717) is 57.5 Å². The van der Waals surface area contributed by atoms with Crippen LogP contribution in [0.1, 0.15) is 54.4 Å². The first kappa shape index (κ1) is 38.0. The molecule has 3 fully saturated rings. The maximum atomic E-state index is 14.0.